The van der Waals surface area contributed by atoms with Crippen LogP contribution in [0.25, 0.3) is 11.2 Å². The van der Waals surface area contributed by atoms with Gasteiger partial charge in [-0.1, -0.05) is 11.6 Å². The van der Waals surface area contributed by atoms with Crippen LogP contribution in [0, 0.1) is 0 Å². The second kappa shape index (κ2) is 7.35. The number of carboxylic acid groups (broad SMARTS) is 1. The van der Waals surface area contributed by atoms with E-state index < -0.39 is 31.7 Å². The smallest absolute Gasteiger partial charge is 0.365 e. The fraction of sp³-hybridized carbons (Fsp3) is 0.500. The Morgan fingerprint density at radius 1 is 1.42 bits per heavy atom. The zero-order valence-corrected chi connectivity index (χ0v) is 15.3. The molecule has 1 aliphatic rings. The SMILES string of the molecule is O=C(O)C(OC[C@@H]1CCC(n2cnc3c(Cl)nc(Cl)nc32)O1)P(=O)(O)O. The Hall–Kier alpha value is -1.33. The van der Waals surface area contributed by atoms with Crippen molar-refractivity contribution < 1.29 is 33.7 Å². The third-order valence-electron chi connectivity index (χ3n) is 3.70. The molecule has 2 aromatic rings. The topological polar surface area (TPSA) is 157 Å². The zero-order valence-electron chi connectivity index (χ0n) is 12.9. The summed E-state index contributed by atoms with van der Waals surface area (Å²) >= 11 is 11.8. The standard InChI is InChI=1S/C12H13Cl2N4O7P/c13-8-7-9(17-12(14)16-8)18(4-15-7)6-2-1-5(25-6)3-24-11(10(19)20)26(21,22)23/h4-6,11H,1-3H2,(H,19,20)(H2,21,22,23)/t5-,6?,11?/m0/s1. The third kappa shape index (κ3) is 3.99. The number of imidazole rings is 1. The van der Waals surface area contributed by atoms with E-state index in [1.807, 2.05) is 0 Å². The number of aliphatic carboxylic acids is 1. The summed E-state index contributed by atoms with van der Waals surface area (Å²) in [5.74, 6) is -3.97. The summed E-state index contributed by atoms with van der Waals surface area (Å²) < 4.78 is 23.3. The molecule has 0 radical (unpaired) electrons. The molecule has 0 aliphatic carbocycles. The summed E-state index contributed by atoms with van der Waals surface area (Å²) in [7, 11) is -4.93. The first kappa shape index (κ1) is 19.4. The van der Waals surface area contributed by atoms with Gasteiger partial charge < -0.3 is 24.4 Å². The molecule has 0 amide bonds. The summed E-state index contributed by atoms with van der Waals surface area (Å²) in [6.07, 6.45) is 1.41. The number of aromatic nitrogens is 4. The van der Waals surface area contributed by atoms with Gasteiger partial charge in [0.15, 0.2) is 10.8 Å². The van der Waals surface area contributed by atoms with Gasteiger partial charge in [0.25, 0.3) is 5.85 Å². The normalized spacial score (nSPS) is 22.0. The van der Waals surface area contributed by atoms with Gasteiger partial charge in [-0.2, -0.15) is 4.98 Å². The quantitative estimate of drug-likeness (QED) is 0.350. The van der Waals surface area contributed by atoms with E-state index in [4.69, 9.17) is 47.6 Å². The summed E-state index contributed by atoms with van der Waals surface area (Å²) in [6, 6.07) is 0. The number of nitrogens with zero attached hydrogens (tertiary/aromatic N) is 4. The van der Waals surface area contributed by atoms with E-state index in [1.54, 1.807) is 4.57 Å². The molecule has 3 atom stereocenters. The molecule has 3 rings (SSSR count). The van der Waals surface area contributed by atoms with Crippen molar-refractivity contribution in [2.24, 2.45) is 0 Å². The first-order chi connectivity index (χ1) is 12.2. The van der Waals surface area contributed by atoms with Crippen LogP contribution in [0.15, 0.2) is 6.33 Å². The van der Waals surface area contributed by atoms with Gasteiger partial charge in [-0.05, 0) is 24.4 Å². The Balaban J connectivity index is 1.70. The van der Waals surface area contributed by atoms with Crippen molar-refractivity contribution in [1.82, 2.24) is 19.5 Å². The van der Waals surface area contributed by atoms with Crippen LogP contribution in [0.5, 0.6) is 0 Å². The van der Waals surface area contributed by atoms with Gasteiger partial charge >= 0.3 is 13.6 Å². The van der Waals surface area contributed by atoms with Gasteiger partial charge in [0, 0.05) is 0 Å². The van der Waals surface area contributed by atoms with E-state index in [-0.39, 0.29) is 17.0 Å². The highest BCUT2D eigenvalue weighted by molar-refractivity contribution is 7.53. The van der Waals surface area contributed by atoms with Crippen molar-refractivity contribution in [2.75, 3.05) is 6.61 Å². The van der Waals surface area contributed by atoms with E-state index in [0.717, 1.165) is 0 Å². The van der Waals surface area contributed by atoms with Crippen LogP contribution in [0.4, 0.5) is 0 Å². The van der Waals surface area contributed by atoms with Gasteiger partial charge in [-0.15, -0.1) is 0 Å². The Bertz CT molecular complexity index is 888. The van der Waals surface area contributed by atoms with E-state index in [9.17, 15) is 9.36 Å². The van der Waals surface area contributed by atoms with Crippen LogP contribution in [0.1, 0.15) is 19.1 Å². The number of carboxylic acids is 1. The van der Waals surface area contributed by atoms with Gasteiger partial charge in [-0.3, -0.25) is 9.13 Å². The van der Waals surface area contributed by atoms with Gasteiger partial charge in [0.05, 0.1) is 19.0 Å². The molecule has 26 heavy (non-hydrogen) atoms. The van der Waals surface area contributed by atoms with Gasteiger partial charge in [0.2, 0.25) is 5.28 Å². The highest BCUT2D eigenvalue weighted by Gasteiger charge is 2.38. The minimum absolute atomic E-state index is 0.0481. The van der Waals surface area contributed by atoms with E-state index >= 15 is 0 Å². The van der Waals surface area contributed by atoms with E-state index in [0.29, 0.717) is 24.0 Å². The van der Waals surface area contributed by atoms with Crippen molar-refractivity contribution in [2.45, 2.75) is 31.0 Å². The summed E-state index contributed by atoms with van der Waals surface area (Å²) in [5.41, 5.74) is 0.729. The Kier molecular flexibility index (Phi) is 5.50. The predicted octanol–water partition coefficient (Wildman–Crippen LogP) is 1.42. The van der Waals surface area contributed by atoms with Crippen LogP contribution in [0.3, 0.4) is 0 Å². The fourth-order valence-corrected chi connectivity index (χ4v) is 3.58. The molecule has 1 fully saturated rings. The average molecular weight is 427 g/mol. The second-order valence-corrected chi connectivity index (χ2v) is 7.85. The minimum Gasteiger partial charge on any atom is -0.479 e. The summed E-state index contributed by atoms with van der Waals surface area (Å²) in [4.78, 5) is 40.9. The zero-order chi connectivity index (χ0) is 19.1. The fourth-order valence-electron chi connectivity index (χ4n) is 2.59. The second-order valence-electron chi connectivity index (χ2n) is 5.51. The Labute approximate surface area is 156 Å². The monoisotopic (exact) mass is 426 g/mol. The minimum atomic E-state index is -4.93. The lowest BCUT2D eigenvalue weighted by atomic mass is 10.2. The molecule has 11 nitrogen and oxygen atoms in total. The molecule has 14 heteroatoms. The maximum Gasteiger partial charge on any atom is 0.365 e. The van der Waals surface area contributed by atoms with Crippen LogP contribution in [-0.2, 0) is 18.8 Å². The highest BCUT2D eigenvalue weighted by atomic mass is 35.5. The number of ether oxygens (including phenoxy) is 2. The molecule has 0 spiro atoms. The van der Waals surface area contributed by atoms with Crippen molar-refractivity contribution in [3.8, 4) is 0 Å². The number of hydrogen-bond donors (Lipinski definition) is 3. The molecule has 2 aromatic heterocycles. The lowest BCUT2D eigenvalue weighted by Gasteiger charge is -2.18. The maximum absolute atomic E-state index is 11.1. The number of fused-ring (bicyclic) bond motifs is 1. The van der Waals surface area contributed by atoms with Crippen molar-refractivity contribution >= 4 is 47.9 Å². The molecule has 2 unspecified atom stereocenters. The summed E-state index contributed by atoms with van der Waals surface area (Å²) in [6.45, 7) is -0.290. The third-order valence-corrected chi connectivity index (χ3v) is 5.12. The van der Waals surface area contributed by atoms with Crippen LogP contribution in [0.2, 0.25) is 10.4 Å². The molecular weight excluding hydrogens is 414 g/mol. The molecule has 142 valence electrons. The first-order valence-electron chi connectivity index (χ1n) is 7.27. The average Bonchev–Trinajstić information content (AvgIpc) is 3.12. The molecule has 0 bridgehead atoms. The van der Waals surface area contributed by atoms with Crippen LogP contribution >= 0.6 is 30.8 Å². The lowest BCUT2D eigenvalue weighted by Crippen LogP contribution is -2.28. The highest BCUT2D eigenvalue weighted by Crippen LogP contribution is 2.42. The van der Waals surface area contributed by atoms with Crippen molar-refractivity contribution in [1.29, 1.82) is 0 Å². The number of carbonyl (C=O) groups is 1. The number of hydrogen-bond acceptors (Lipinski definition) is 7. The Morgan fingerprint density at radius 3 is 2.81 bits per heavy atom. The predicted molar refractivity (Wildman–Crippen MR) is 87.9 cm³/mol. The van der Waals surface area contributed by atoms with E-state index in [2.05, 4.69) is 15.0 Å². The first-order valence-corrected chi connectivity index (χ1v) is 9.71. The number of rotatable bonds is 6. The van der Waals surface area contributed by atoms with E-state index in [1.165, 1.54) is 6.33 Å². The number of halogens is 2. The lowest BCUT2D eigenvalue weighted by molar-refractivity contribution is -0.148. The van der Waals surface area contributed by atoms with Crippen LogP contribution < -0.4 is 0 Å². The van der Waals surface area contributed by atoms with Gasteiger partial charge in [-0.25, -0.2) is 14.8 Å². The molecule has 1 saturated heterocycles. The molecule has 0 saturated carbocycles. The molecule has 1 aliphatic heterocycles. The molecule has 0 aromatic carbocycles. The largest absolute Gasteiger partial charge is 0.479 e. The van der Waals surface area contributed by atoms with Crippen LogP contribution in [-0.4, -0.2) is 58.9 Å². The molecule has 3 heterocycles. The summed E-state index contributed by atoms with van der Waals surface area (Å²) in [5, 5.41) is 8.90. The molecular formula is C12H13Cl2N4O7P. The van der Waals surface area contributed by atoms with Crippen molar-refractivity contribution in [3.05, 3.63) is 16.8 Å². The van der Waals surface area contributed by atoms with Crippen molar-refractivity contribution in [3.63, 3.8) is 0 Å². The van der Waals surface area contributed by atoms with Gasteiger partial charge in [0.1, 0.15) is 11.7 Å². The maximum atomic E-state index is 11.1. The Morgan fingerprint density at radius 2 is 2.15 bits per heavy atom. The molecule has 3 N–H and O–H groups in total.